The summed E-state index contributed by atoms with van der Waals surface area (Å²) < 4.78 is 2.35. The summed E-state index contributed by atoms with van der Waals surface area (Å²) in [5.74, 6) is 2.31. The van der Waals surface area contributed by atoms with E-state index in [1.807, 2.05) is 97.1 Å². The van der Waals surface area contributed by atoms with Gasteiger partial charge in [0, 0.05) is 44.2 Å². The number of nitrogens with zero attached hydrogens (tertiary/aromatic N) is 6. The van der Waals surface area contributed by atoms with Crippen molar-refractivity contribution < 1.29 is 0 Å². The Hall–Kier alpha value is -8.35. The smallest absolute Gasteiger partial charge is 0.166 e. The molecule has 0 spiro atoms. The van der Waals surface area contributed by atoms with E-state index in [0.717, 1.165) is 83.4 Å². The summed E-state index contributed by atoms with van der Waals surface area (Å²) >= 11 is 0. The van der Waals surface area contributed by atoms with E-state index in [0.29, 0.717) is 23.3 Å². The molecule has 62 heavy (non-hydrogen) atoms. The summed E-state index contributed by atoms with van der Waals surface area (Å²) in [7, 11) is 0. The van der Waals surface area contributed by atoms with Crippen LogP contribution in [-0.2, 0) is 0 Å². The lowest BCUT2D eigenvalue weighted by Crippen LogP contribution is -2.04. The fourth-order valence-electron chi connectivity index (χ4n) is 8.22. The molecule has 0 saturated heterocycles. The van der Waals surface area contributed by atoms with Crippen LogP contribution in [0.2, 0.25) is 0 Å². The number of aromatic nitrogens is 6. The number of hydrogen-bond acceptors (Lipinski definition) is 5. The van der Waals surface area contributed by atoms with Gasteiger partial charge in [-0.1, -0.05) is 181 Å². The highest BCUT2D eigenvalue weighted by molar-refractivity contribution is 6.10. The molecule has 0 saturated carbocycles. The van der Waals surface area contributed by atoms with Gasteiger partial charge in [-0.3, -0.25) is 0 Å². The van der Waals surface area contributed by atoms with E-state index in [4.69, 9.17) is 24.9 Å². The van der Waals surface area contributed by atoms with Gasteiger partial charge in [-0.15, -0.1) is 0 Å². The van der Waals surface area contributed by atoms with Crippen LogP contribution in [-0.4, -0.2) is 29.5 Å². The Kier molecular flexibility index (Phi) is 9.28. The standard InChI is InChI=1S/C56H38N6/c1-37-26-28-38(29-27-37)43-30-32-46-45-24-14-15-25-50(45)62(52(46)35-43)51-33-31-44(55-57-48(39-16-6-2-7-17-39)36-49(58-55)40-18-8-3-9-19-40)34-47(51)56-60-53(41-20-10-4-11-21-41)59-54(61-56)42-22-12-5-13-23-42/h2-36H,1H3. The Balaban J connectivity index is 1.21. The summed E-state index contributed by atoms with van der Waals surface area (Å²) in [6, 6.07) is 73.4. The molecule has 0 aliphatic heterocycles. The maximum Gasteiger partial charge on any atom is 0.166 e. The van der Waals surface area contributed by atoms with Crippen molar-refractivity contribution in [3.8, 4) is 84.9 Å². The van der Waals surface area contributed by atoms with Crippen molar-refractivity contribution in [3.63, 3.8) is 0 Å². The molecule has 0 radical (unpaired) electrons. The van der Waals surface area contributed by atoms with Crippen LogP contribution in [0.15, 0.2) is 212 Å². The molecule has 6 heteroatoms. The summed E-state index contributed by atoms with van der Waals surface area (Å²) in [5.41, 5.74) is 13.7. The molecule has 0 unspecified atom stereocenters. The van der Waals surface area contributed by atoms with E-state index in [9.17, 15) is 0 Å². The third-order valence-corrected chi connectivity index (χ3v) is 11.4. The highest BCUT2D eigenvalue weighted by Crippen LogP contribution is 2.40. The molecule has 0 atom stereocenters. The lowest BCUT2D eigenvalue weighted by molar-refractivity contribution is 1.06. The molecule has 6 nitrogen and oxygen atoms in total. The Bertz CT molecular complexity index is 3270. The van der Waals surface area contributed by atoms with E-state index in [-0.39, 0.29) is 0 Å². The largest absolute Gasteiger partial charge is 0.308 e. The molecule has 11 rings (SSSR count). The molecule has 3 heterocycles. The third kappa shape index (κ3) is 6.89. The molecular weight excluding hydrogens is 757 g/mol. The van der Waals surface area contributed by atoms with Gasteiger partial charge in [-0.05, 0) is 54.4 Å². The van der Waals surface area contributed by atoms with Crippen LogP contribution in [0.3, 0.4) is 0 Å². The van der Waals surface area contributed by atoms with Crippen LogP contribution >= 0.6 is 0 Å². The first kappa shape index (κ1) is 36.7. The average molecular weight is 795 g/mol. The maximum atomic E-state index is 5.29. The Morgan fingerprint density at radius 1 is 0.306 bits per heavy atom. The lowest BCUT2D eigenvalue weighted by Gasteiger charge is -2.17. The third-order valence-electron chi connectivity index (χ3n) is 11.4. The van der Waals surface area contributed by atoms with E-state index in [2.05, 4.69) is 127 Å². The quantitative estimate of drug-likeness (QED) is 0.153. The molecule has 0 N–H and O–H groups in total. The van der Waals surface area contributed by atoms with Gasteiger partial charge in [-0.25, -0.2) is 24.9 Å². The second kappa shape index (κ2) is 15.7. The first-order valence-electron chi connectivity index (χ1n) is 20.8. The summed E-state index contributed by atoms with van der Waals surface area (Å²) in [4.78, 5) is 26.1. The molecule has 292 valence electrons. The van der Waals surface area contributed by atoms with Crippen molar-refractivity contribution in [1.82, 2.24) is 29.5 Å². The zero-order chi connectivity index (χ0) is 41.4. The Morgan fingerprint density at radius 2 is 0.774 bits per heavy atom. The maximum absolute atomic E-state index is 5.29. The Morgan fingerprint density at radius 3 is 1.37 bits per heavy atom. The van der Waals surface area contributed by atoms with Crippen molar-refractivity contribution in [3.05, 3.63) is 218 Å². The number of benzene rings is 8. The fraction of sp³-hybridized carbons (Fsp3) is 0.0179. The number of aryl methyl sites for hydroxylation is 1. The molecule has 3 aromatic heterocycles. The van der Waals surface area contributed by atoms with Crippen molar-refractivity contribution in [2.45, 2.75) is 6.92 Å². The molecule has 0 amide bonds. The second-order valence-corrected chi connectivity index (χ2v) is 15.4. The van der Waals surface area contributed by atoms with Gasteiger partial charge >= 0.3 is 0 Å². The van der Waals surface area contributed by atoms with Gasteiger partial charge in [0.15, 0.2) is 23.3 Å². The summed E-state index contributed by atoms with van der Waals surface area (Å²) in [5, 5.41) is 2.31. The first-order valence-corrected chi connectivity index (χ1v) is 20.8. The molecule has 0 aliphatic rings. The highest BCUT2D eigenvalue weighted by atomic mass is 15.1. The predicted molar refractivity (Wildman–Crippen MR) is 253 cm³/mol. The predicted octanol–water partition coefficient (Wildman–Crippen LogP) is 13.7. The minimum atomic E-state index is 0.540. The molecule has 0 aliphatic carbocycles. The summed E-state index contributed by atoms with van der Waals surface area (Å²) in [6.07, 6.45) is 0. The SMILES string of the molecule is Cc1ccc(-c2ccc3c4ccccc4n(-c4ccc(-c5nc(-c6ccccc6)cc(-c6ccccc6)n5)cc4-c4nc(-c5ccccc5)nc(-c5ccccc5)n4)c3c2)cc1. The van der Waals surface area contributed by atoms with Crippen molar-refractivity contribution in [2.24, 2.45) is 0 Å². The zero-order valence-electron chi connectivity index (χ0n) is 33.9. The van der Waals surface area contributed by atoms with E-state index < -0.39 is 0 Å². The van der Waals surface area contributed by atoms with Crippen molar-refractivity contribution >= 4 is 21.8 Å². The van der Waals surface area contributed by atoms with Gasteiger partial charge < -0.3 is 4.57 Å². The van der Waals surface area contributed by atoms with E-state index >= 15 is 0 Å². The lowest BCUT2D eigenvalue weighted by atomic mass is 10.0. The van der Waals surface area contributed by atoms with Gasteiger partial charge in [0.05, 0.1) is 28.1 Å². The zero-order valence-corrected chi connectivity index (χ0v) is 33.9. The van der Waals surface area contributed by atoms with Crippen LogP contribution in [0.5, 0.6) is 0 Å². The van der Waals surface area contributed by atoms with Crippen LogP contribution < -0.4 is 0 Å². The number of rotatable bonds is 8. The van der Waals surface area contributed by atoms with Gasteiger partial charge in [0.2, 0.25) is 0 Å². The number of fused-ring (bicyclic) bond motifs is 3. The van der Waals surface area contributed by atoms with E-state index in [1.165, 1.54) is 5.56 Å². The average Bonchev–Trinajstić information content (AvgIpc) is 3.68. The minimum Gasteiger partial charge on any atom is -0.308 e. The summed E-state index contributed by atoms with van der Waals surface area (Å²) in [6.45, 7) is 2.12. The second-order valence-electron chi connectivity index (χ2n) is 15.4. The molecule has 8 aromatic carbocycles. The topological polar surface area (TPSA) is 69.4 Å². The monoisotopic (exact) mass is 794 g/mol. The molecule has 11 aromatic rings. The number of hydrogen-bond donors (Lipinski definition) is 0. The van der Waals surface area contributed by atoms with Crippen molar-refractivity contribution in [1.29, 1.82) is 0 Å². The number of para-hydroxylation sites is 1. The van der Waals surface area contributed by atoms with Crippen LogP contribution in [0.1, 0.15) is 5.56 Å². The van der Waals surface area contributed by atoms with Gasteiger partial charge in [0.25, 0.3) is 0 Å². The molecular formula is C56H38N6. The first-order chi connectivity index (χ1) is 30.6. The van der Waals surface area contributed by atoms with Crippen LogP contribution in [0.4, 0.5) is 0 Å². The Labute approximate surface area is 359 Å². The van der Waals surface area contributed by atoms with Crippen LogP contribution in [0.25, 0.3) is 107 Å². The van der Waals surface area contributed by atoms with Crippen molar-refractivity contribution in [2.75, 3.05) is 0 Å². The fourth-order valence-corrected chi connectivity index (χ4v) is 8.22. The normalized spacial score (nSPS) is 11.3. The minimum absolute atomic E-state index is 0.540. The molecule has 0 bridgehead atoms. The molecule has 0 fully saturated rings. The van der Waals surface area contributed by atoms with Gasteiger partial charge in [-0.2, -0.15) is 0 Å². The van der Waals surface area contributed by atoms with E-state index in [1.54, 1.807) is 0 Å². The van der Waals surface area contributed by atoms with Gasteiger partial charge in [0.1, 0.15) is 0 Å². The highest BCUT2D eigenvalue weighted by Gasteiger charge is 2.22. The van der Waals surface area contributed by atoms with Crippen LogP contribution in [0, 0.1) is 6.92 Å².